The third kappa shape index (κ3) is 14.4. The second-order valence-electron chi connectivity index (χ2n) is 10.2. The van der Waals surface area contributed by atoms with Gasteiger partial charge in [0.25, 0.3) is 6.10 Å². The smallest absolute Gasteiger partial charge is 0.458 e. The number of hydrogen-bond acceptors (Lipinski definition) is 7. The zero-order valence-corrected chi connectivity index (χ0v) is 24.6. The second-order valence-corrected chi connectivity index (χ2v) is 26.9. The van der Waals surface area contributed by atoms with Gasteiger partial charge in [-0.3, -0.25) is 0 Å². The van der Waals surface area contributed by atoms with Gasteiger partial charge in [-0.25, -0.2) is 9.59 Å². The Balaban J connectivity index is 5.59. The number of esters is 2. The summed E-state index contributed by atoms with van der Waals surface area (Å²) in [6.07, 6.45) is -16.0. The number of rotatable bonds is 11. The van der Waals surface area contributed by atoms with Crippen molar-refractivity contribution in [2.45, 2.75) is 77.4 Å². The first-order valence-electron chi connectivity index (χ1n) is 10.0. The highest BCUT2D eigenvalue weighted by Gasteiger charge is 2.59. The molecule has 0 fully saturated rings. The van der Waals surface area contributed by atoms with Crippen LogP contribution in [0.25, 0.3) is 0 Å². The topological polar surface area (TPSA) is 80.3 Å². The predicted molar refractivity (Wildman–Crippen MR) is 121 cm³/mol. The van der Waals surface area contributed by atoms with Crippen LogP contribution in [0.2, 0.25) is 58.9 Å². The molecule has 0 aliphatic carbocycles. The lowest BCUT2D eigenvalue weighted by Gasteiger charge is -2.42. The van der Waals surface area contributed by atoms with Crippen LogP contribution < -0.4 is 0 Å². The molecule has 0 radical (unpaired) electrons. The fraction of sp³-hybridized carbons (Fsp3) is 0.765. The van der Waals surface area contributed by atoms with E-state index in [1.165, 1.54) is 0 Å². The van der Waals surface area contributed by atoms with E-state index in [9.17, 15) is 35.9 Å². The minimum Gasteiger partial charge on any atom is -0.458 e. The first-order chi connectivity index (χ1) is 14.7. The Labute approximate surface area is 199 Å². The van der Waals surface area contributed by atoms with Gasteiger partial charge in [0.2, 0.25) is 0 Å². The molecule has 0 saturated heterocycles. The highest BCUT2D eigenvalue weighted by atomic mass is 28.5. The Hall–Kier alpha value is -0.992. The summed E-state index contributed by atoms with van der Waals surface area (Å²) in [6.45, 7) is 16.9. The Bertz CT molecular complexity index is 682. The molecule has 17 heteroatoms. The maximum absolute atomic E-state index is 12.5. The van der Waals surface area contributed by atoms with Gasteiger partial charge in [-0.1, -0.05) is 0 Å². The normalized spacial score (nSPS) is 14.6. The highest BCUT2D eigenvalue weighted by molar-refractivity contribution is 6.90. The Kier molecular flexibility index (Phi) is 11.0. The molecule has 7 nitrogen and oxygen atoms in total. The van der Waals surface area contributed by atoms with Crippen LogP contribution in [0.15, 0.2) is 12.2 Å². The lowest BCUT2D eigenvalue weighted by molar-refractivity contribution is -0.312. The summed E-state index contributed by atoms with van der Waals surface area (Å²) >= 11 is 0. The van der Waals surface area contributed by atoms with Gasteiger partial charge in [0.1, 0.15) is 0 Å². The molecule has 0 amide bonds. The number of carbonyl (C=O) groups is 2. The van der Waals surface area contributed by atoms with Gasteiger partial charge in [-0.05, 0) is 58.9 Å². The van der Waals surface area contributed by atoms with E-state index in [1.54, 1.807) is 0 Å². The minimum atomic E-state index is -5.87. The standard InChI is InChI=1S/C17H32F6O7Si4/c1-31(2,3)28-34(29-32(4,5)6,30-33(7,8)9)12-26-13(24)10-11-14(25)27-15(16(18,19)20)17(21,22)23/h10-11,15H,12H2,1-9H3/b11-10+. The monoisotopic (exact) mass is 574 g/mol. The summed E-state index contributed by atoms with van der Waals surface area (Å²) in [5, 5.41) is 0. The quantitative estimate of drug-likeness (QED) is 0.146. The van der Waals surface area contributed by atoms with Gasteiger partial charge in [0.05, 0.1) is 0 Å². The van der Waals surface area contributed by atoms with E-state index in [0.717, 1.165) is 0 Å². The van der Waals surface area contributed by atoms with Crippen molar-refractivity contribution in [3.8, 4) is 0 Å². The molecular formula is C17H32F6O7Si4. The molecule has 0 aromatic rings. The molecular weight excluding hydrogens is 543 g/mol. The first-order valence-corrected chi connectivity index (χ1v) is 22.2. The Morgan fingerprint density at radius 2 is 1.00 bits per heavy atom. The van der Waals surface area contributed by atoms with Gasteiger partial charge in [-0.15, -0.1) is 0 Å². The molecule has 0 aromatic carbocycles. The van der Waals surface area contributed by atoms with Gasteiger partial charge in [0, 0.05) is 12.2 Å². The fourth-order valence-electron chi connectivity index (χ4n) is 2.37. The second kappa shape index (κ2) is 11.4. The molecule has 0 saturated carbocycles. The molecule has 34 heavy (non-hydrogen) atoms. The van der Waals surface area contributed by atoms with E-state index in [1.807, 2.05) is 58.9 Å². The van der Waals surface area contributed by atoms with E-state index in [0.29, 0.717) is 6.08 Å². The molecule has 0 heterocycles. The van der Waals surface area contributed by atoms with Crippen molar-refractivity contribution in [2.24, 2.45) is 0 Å². The van der Waals surface area contributed by atoms with Gasteiger partial charge in [-0.2, -0.15) is 26.3 Å². The number of ether oxygens (including phenoxy) is 2. The maximum atomic E-state index is 12.5. The molecule has 0 N–H and O–H groups in total. The van der Waals surface area contributed by atoms with Gasteiger partial charge in [0.15, 0.2) is 31.2 Å². The molecule has 0 rings (SSSR count). The summed E-state index contributed by atoms with van der Waals surface area (Å²) in [5.74, 6) is -3.24. The van der Waals surface area contributed by atoms with Crippen molar-refractivity contribution >= 4 is 45.7 Å². The average Bonchev–Trinajstić information content (AvgIpc) is 2.48. The Morgan fingerprint density at radius 3 is 1.29 bits per heavy atom. The zero-order chi connectivity index (χ0) is 27.4. The van der Waals surface area contributed by atoms with Crippen molar-refractivity contribution < 1.29 is 57.8 Å². The lowest BCUT2D eigenvalue weighted by Crippen LogP contribution is -2.63. The third-order valence-electron chi connectivity index (χ3n) is 2.96. The molecule has 0 aliphatic heterocycles. The lowest BCUT2D eigenvalue weighted by atomic mass is 10.3. The van der Waals surface area contributed by atoms with Crippen LogP contribution >= 0.6 is 0 Å². The minimum absolute atomic E-state index is 0.119. The van der Waals surface area contributed by atoms with Crippen LogP contribution in [0.5, 0.6) is 0 Å². The van der Waals surface area contributed by atoms with Crippen LogP contribution in [0, 0.1) is 0 Å². The van der Waals surface area contributed by atoms with Crippen LogP contribution in [0.4, 0.5) is 26.3 Å². The van der Waals surface area contributed by atoms with Crippen molar-refractivity contribution in [3.05, 3.63) is 12.2 Å². The average molecular weight is 575 g/mol. The van der Waals surface area contributed by atoms with E-state index in [-0.39, 0.29) is 6.08 Å². The summed E-state index contributed by atoms with van der Waals surface area (Å²) in [4.78, 5) is 23.5. The summed E-state index contributed by atoms with van der Waals surface area (Å²) in [7, 11) is -10.5. The fourth-order valence-corrected chi connectivity index (χ4v) is 16.2. The van der Waals surface area contributed by atoms with Crippen molar-refractivity contribution in [1.29, 1.82) is 0 Å². The van der Waals surface area contributed by atoms with E-state index >= 15 is 0 Å². The largest absolute Gasteiger partial charge is 0.509 e. The van der Waals surface area contributed by atoms with Crippen molar-refractivity contribution in [1.82, 2.24) is 0 Å². The van der Waals surface area contributed by atoms with Gasteiger partial charge >= 0.3 is 33.1 Å². The predicted octanol–water partition coefficient (Wildman–Crippen LogP) is 5.15. The SMILES string of the molecule is C[Si](C)(C)O[Si](COC(=O)/C=C/C(=O)OC(C(F)(F)F)C(F)(F)F)(O[Si](C)(C)C)O[Si](C)(C)C. The number of hydrogen-bond donors (Lipinski definition) is 0. The van der Waals surface area contributed by atoms with E-state index < -0.39 is 70.4 Å². The van der Waals surface area contributed by atoms with E-state index in [2.05, 4.69) is 4.74 Å². The molecule has 0 unspecified atom stereocenters. The highest BCUT2D eigenvalue weighted by Crippen LogP contribution is 2.35. The molecule has 0 aliphatic rings. The van der Waals surface area contributed by atoms with Crippen LogP contribution in [0.3, 0.4) is 0 Å². The zero-order valence-electron chi connectivity index (χ0n) is 20.6. The van der Waals surface area contributed by atoms with Crippen LogP contribution in [-0.2, 0) is 31.4 Å². The first kappa shape index (κ1) is 33.0. The summed E-state index contributed by atoms with van der Waals surface area (Å²) in [5.41, 5.74) is 0. The van der Waals surface area contributed by atoms with Crippen LogP contribution in [0.1, 0.15) is 0 Å². The third-order valence-corrected chi connectivity index (χ3v) is 14.5. The number of carbonyl (C=O) groups excluding carboxylic acids is 2. The van der Waals surface area contributed by atoms with Gasteiger partial charge < -0.3 is 21.8 Å². The van der Waals surface area contributed by atoms with E-state index in [4.69, 9.17) is 17.1 Å². The number of alkyl halides is 6. The Morgan fingerprint density at radius 1 is 0.676 bits per heavy atom. The molecule has 0 aromatic heterocycles. The molecule has 200 valence electrons. The van der Waals surface area contributed by atoms with Crippen molar-refractivity contribution in [3.63, 3.8) is 0 Å². The molecule has 0 spiro atoms. The molecule has 0 bridgehead atoms. The summed E-state index contributed by atoms with van der Waals surface area (Å²) in [6, 6.07) is 0. The number of halogens is 6. The molecule has 0 atom stereocenters. The summed E-state index contributed by atoms with van der Waals surface area (Å²) < 4.78 is 102. The van der Waals surface area contributed by atoms with Crippen molar-refractivity contribution in [2.75, 3.05) is 6.23 Å². The van der Waals surface area contributed by atoms with Crippen LogP contribution in [-0.4, -0.2) is 70.4 Å². The maximum Gasteiger partial charge on any atom is 0.509 e.